The van der Waals surface area contributed by atoms with Gasteiger partial charge in [-0.25, -0.2) is 4.21 Å². The standard InChI is InChI=1S/C8H8N2OS/c1-6-2-3-7-8(4-6)12(11)10-5-9-7/h2-5H,1H3,(H,9,10). The van der Waals surface area contributed by atoms with Crippen LogP contribution in [-0.4, -0.2) is 10.5 Å². The zero-order valence-corrected chi connectivity index (χ0v) is 7.39. The highest BCUT2D eigenvalue weighted by molar-refractivity contribution is 7.84. The minimum atomic E-state index is -1.22. The monoisotopic (exact) mass is 180 g/mol. The van der Waals surface area contributed by atoms with Crippen LogP contribution in [0.5, 0.6) is 0 Å². The summed E-state index contributed by atoms with van der Waals surface area (Å²) in [6.07, 6.45) is 1.47. The molecule has 1 N–H and O–H groups in total. The molecule has 1 heterocycles. The third-order valence-electron chi connectivity index (χ3n) is 1.69. The van der Waals surface area contributed by atoms with Crippen LogP contribution in [0.4, 0.5) is 5.69 Å². The van der Waals surface area contributed by atoms with Gasteiger partial charge in [0.1, 0.15) is 6.34 Å². The number of hydrogen-bond acceptors (Lipinski definition) is 2. The van der Waals surface area contributed by atoms with E-state index >= 15 is 0 Å². The van der Waals surface area contributed by atoms with Gasteiger partial charge in [0.15, 0.2) is 11.0 Å². The van der Waals surface area contributed by atoms with Crippen molar-refractivity contribution in [3.63, 3.8) is 0 Å². The smallest absolute Gasteiger partial charge is 0.176 e. The van der Waals surface area contributed by atoms with Crippen molar-refractivity contribution in [2.24, 2.45) is 4.40 Å². The molecular weight excluding hydrogens is 172 g/mol. The molecule has 0 aliphatic carbocycles. The number of benzene rings is 1. The maximum Gasteiger partial charge on any atom is 0.176 e. The lowest BCUT2D eigenvalue weighted by Crippen LogP contribution is -2.06. The van der Waals surface area contributed by atoms with Crippen LogP contribution in [-0.2, 0) is 11.0 Å². The first-order chi connectivity index (χ1) is 5.77. The Balaban J connectivity index is 2.59. The molecular formula is C8H8N2OS. The molecule has 0 radical (unpaired) electrons. The summed E-state index contributed by atoms with van der Waals surface area (Å²) >= 11 is 0. The number of nitrogens with zero attached hydrogens (tertiary/aromatic N) is 1. The van der Waals surface area contributed by atoms with E-state index in [1.54, 1.807) is 0 Å². The summed E-state index contributed by atoms with van der Waals surface area (Å²) < 4.78 is 15.1. The molecule has 1 atom stereocenters. The lowest BCUT2D eigenvalue weighted by molar-refractivity contribution is 0.684. The second-order valence-electron chi connectivity index (χ2n) is 2.63. The Bertz CT molecular complexity index is 373. The van der Waals surface area contributed by atoms with Gasteiger partial charge in [-0.05, 0) is 24.6 Å². The van der Waals surface area contributed by atoms with Crippen LogP contribution in [0.25, 0.3) is 0 Å². The number of rotatable bonds is 0. The second kappa shape index (κ2) is 2.71. The predicted molar refractivity (Wildman–Crippen MR) is 49.7 cm³/mol. The third kappa shape index (κ3) is 1.14. The molecule has 12 heavy (non-hydrogen) atoms. The van der Waals surface area contributed by atoms with Crippen molar-refractivity contribution in [2.75, 3.05) is 5.32 Å². The fourth-order valence-electron chi connectivity index (χ4n) is 1.09. The zero-order chi connectivity index (χ0) is 8.55. The van der Waals surface area contributed by atoms with Gasteiger partial charge < -0.3 is 5.32 Å². The topological polar surface area (TPSA) is 41.5 Å². The van der Waals surface area contributed by atoms with E-state index < -0.39 is 11.0 Å². The second-order valence-corrected chi connectivity index (χ2v) is 3.78. The fraction of sp³-hybridized carbons (Fsp3) is 0.125. The van der Waals surface area contributed by atoms with Gasteiger partial charge in [0.05, 0.1) is 10.6 Å². The molecule has 3 nitrogen and oxygen atoms in total. The number of fused-ring (bicyclic) bond motifs is 1. The Hall–Kier alpha value is -1.16. The van der Waals surface area contributed by atoms with Crippen molar-refractivity contribution in [3.8, 4) is 0 Å². The minimum Gasteiger partial charge on any atom is -0.345 e. The molecule has 0 fully saturated rings. The van der Waals surface area contributed by atoms with Crippen molar-refractivity contribution < 1.29 is 4.21 Å². The van der Waals surface area contributed by atoms with Gasteiger partial charge in [0.25, 0.3) is 0 Å². The molecule has 1 aromatic carbocycles. The van der Waals surface area contributed by atoms with E-state index in [1.807, 2.05) is 25.1 Å². The van der Waals surface area contributed by atoms with Crippen molar-refractivity contribution >= 4 is 23.0 Å². The first-order valence-corrected chi connectivity index (χ1v) is 4.70. The van der Waals surface area contributed by atoms with Crippen LogP contribution in [0.3, 0.4) is 0 Å². The number of aryl methyl sites for hydroxylation is 1. The van der Waals surface area contributed by atoms with Crippen molar-refractivity contribution in [1.29, 1.82) is 0 Å². The van der Waals surface area contributed by atoms with Crippen LogP contribution in [0.2, 0.25) is 0 Å². The van der Waals surface area contributed by atoms with E-state index in [0.717, 1.165) is 16.1 Å². The van der Waals surface area contributed by atoms with E-state index in [1.165, 1.54) is 6.34 Å². The first-order valence-electron chi connectivity index (χ1n) is 3.59. The molecule has 0 bridgehead atoms. The highest BCUT2D eigenvalue weighted by Gasteiger charge is 2.11. The summed E-state index contributed by atoms with van der Waals surface area (Å²) in [7, 11) is -1.22. The van der Waals surface area contributed by atoms with E-state index in [0.29, 0.717) is 0 Å². The highest BCUT2D eigenvalue weighted by Crippen LogP contribution is 2.23. The summed E-state index contributed by atoms with van der Waals surface area (Å²) in [4.78, 5) is 0.762. The molecule has 0 spiro atoms. The van der Waals surface area contributed by atoms with Crippen LogP contribution in [0.1, 0.15) is 5.56 Å². The number of nitrogens with one attached hydrogen (secondary N) is 1. The molecule has 0 saturated heterocycles. The van der Waals surface area contributed by atoms with Crippen LogP contribution < -0.4 is 5.32 Å². The molecule has 2 rings (SSSR count). The van der Waals surface area contributed by atoms with Crippen molar-refractivity contribution in [1.82, 2.24) is 0 Å². The Morgan fingerprint density at radius 1 is 1.50 bits per heavy atom. The van der Waals surface area contributed by atoms with E-state index in [2.05, 4.69) is 9.71 Å². The van der Waals surface area contributed by atoms with Crippen molar-refractivity contribution in [2.45, 2.75) is 11.8 Å². The Labute approximate surface area is 73.1 Å². The molecule has 0 saturated carbocycles. The third-order valence-corrected chi connectivity index (χ3v) is 2.70. The highest BCUT2D eigenvalue weighted by atomic mass is 32.2. The molecule has 1 aliphatic rings. The molecule has 0 aromatic heterocycles. The van der Waals surface area contributed by atoms with Gasteiger partial charge in [-0.1, -0.05) is 6.07 Å². The number of hydrogen-bond donors (Lipinski definition) is 1. The van der Waals surface area contributed by atoms with E-state index in [4.69, 9.17) is 0 Å². The first kappa shape index (κ1) is 7.49. The van der Waals surface area contributed by atoms with Gasteiger partial charge in [-0.3, -0.25) is 0 Å². The fourth-order valence-corrected chi connectivity index (χ4v) is 1.96. The van der Waals surface area contributed by atoms with Gasteiger partial charge in [0, 0.05) is 0 Å². The quantitative estimate of drug-likeness (QED) is 0.657. The lowest BCUT2D eigenvalue weighted by atomic mass is 10.2. The largest absolute Gasteiger partial charge is 0.345 e. The van der Waals surface area contributed by atoms with Gasteiger partial charge >= 0.3 is 0 Å². The Morgan fingerprint density at radius 2 is 2.33 bits per heavy atom. The summed E-state index contributed by atoms with van der Waals surface area (Å²) in [6, 6.07) is 5.77. The molecule has 62 valence electrons. The molecule has 0 amide bonds. The average molecular weight is 180 g/mol. The van der Waals surface area contributed by atoms with Crippen molar-refractivity contribution in [3.05, 3.63) is 23.8 Å². The zero-order valence-electron chi connectivity index (χ0n) is 6.57. The molecule has 1 aliphatic heterocycles. The summed E-state index contributed by atoms with van der Waals surface area (Å²) in [6.45, 7) is 1.97. The molecule has 4 heteroatoms. The van der Waals surface area contributed by atoms with Crippen LogP contribution in [0.15, 0.2) is 27.5 Å². The van der Waals surface area contributed by atoms with Gasteiger partial charge in [-0.2, -0.15) is 4.40 Å². The Morgan fingerprint density at radius 3 is 3.17 bits per heavy atom. The lowest BCUT2D eigenvalue weighted by Gasteiger charge is -2.10. The maximum absolute atomic E-state index is 11.3. The summed E-state index contributed by atoms with van der Waals surface area (Å²) in [5.41, 5.74) is 1.98. The van der Waals surface area contributed by atoms with E-state index in [-0.39, 0.29) is 0 Å². The molecule has 1 aromatic rings. The maximum atomic E-state index is 11.3. The number of anilines is 1. The predicted octanol–water partition coefficient (Wildman–Crippen LogP) is 1.47. The molecule has 1 unspecified atom stereocenters. The summed E-state index contributed by atoms with van der Waals surface area (Å²) in [5.74, 6) is 0. The van der Waals surface area contributed by atoms with Gasteiger partial charge in [0.2, 0.25) is 0 Å². The average Bonchev–Trinajstić information content (AvgIpc) is 2.07. The van der Waals surface area contributed by atoms with Gasteiger partial charge in [-0.15, -0.1) is 0 Å². The summed E-state index contributed by atoms with van der Waals surface area (Å²) in [5, 5.41) is 2.94. The SMILES string of the molecule is Cc1ccc2c(c1)S(=O)N=CN2. The van der Waals surface area contributed by atoms with Crippen LogP contribution >= 0.6 is 0 Å². The Kier molecular flexibility index (Phi) is 1.69. The minimum absolute atomic E-state index is 0.762. The van der Waals surface area contributed by atoms with Crippen LogP contribution in [0, 0.1) is 6.92 Å². The van der Waals surface area contributed by atoms with E-state index in [9.17, 15) is 4.21 Å². The normalized spacial score (nSPS) is 19.9.